The summed E-state index contributed by atoms with van der Waals surface area (Å²) in [7, 11) is 0. The first-order chi connectivity index (χ1) is 28.7. The van der Waals surface area contributed by atoms with Crippen molar-refractivity contribution in [3.63, 3.8) is 0 Å². The number of nitriles is 2. The molecule has 0 aliphatic rings. The van der Waals surface area contributed by atoms with Crippen molar-refractivity contribution in [1.82, 2.24) is 39.0 Å². The quantitative estimate of drug-likeness (QED) is 0.169. The molecule has 59 heavy (non-hydrogen) atoms. The number of nitrogens with zero attached hydrogens (tertiary/aromatic N) is 10. The third-order valence-electron chi connectivity index (χ3n) is 10.8. The number of fused-ring (bicyclic) bond motifs is 6. The van der Waals surface area contributed by atoms with E-state index < -0.39 is 0 Å². The van der Waals surface area contributed by atoms with Gasteiger partial charge in [-0.3, -0.25) is 0 Å². The molecule has 0 unspecified atom stereocenters. The lowest BCUT2D eigenvalue weighted by Crippen LogP contribution is -2.05. The van der Waals surface area contributed by atoms with Crippen molar-refractivity contribution in [3.05, 3.63) is 155 Å². The van der Waals surface area contributed by atoms with E-state index in [1.165, 1.54) is 0 Å². The fourth-order valence-electron chi connectivity index (χ4n) is 8.55. The maximum Gasteiger partial charge on any atom is 0.163 e. The molecule has 10 rings (SSSR count). The van der Waals surface area contributed by atoms with Gasteiger partial charge >= 0.3 is 0 Å². The Labute approximate surface area is 339 Å². The van der Waals surface area contributed by atoms with Crippen LogP contribution in [0.3, 0.4) is 0 Å². The summed E-state index contributed by atoms with van der Waals surface area (Å²) in [5, 5.41) is 25.2. The van der Waals surface area contributed by atoms with Crippen LogP contribution in [0.2, 0.25) is 0 Å². The number of para-hydroxylation sites is 2. The van der Waals surface area contributed by atoms with Gasteiger partial charge in [0.05, 0.1) is 56.7 Å². The Balaban J connectivity index is 1.33. The number of aryl methyl sites for hydroxylation is 5. The molecule has 0 spiro atoms. The zero-order chi connectivity index (χ0) is 40.5. The number of hydrogen-bond donors (Lipinski definition) is 0. The minimum absolute atomic E-state index is 0.490. The van der Waals surface area contributed by atoms with Crippen molar-refractivity contribution in [3.8, 4) is 57.4 Å². The highest BCUT2D eigenvalue weighted by Crippen LogP contribution is 2.44. The van der Waals surface area contributed by atoms with E-state index in [-0.39, 0.29) is 0 Å². The highest BCUT2D eigenvalue weighted by atomic mass is 15.0. The lowest BCUT2D eigenvalue weighted by atomic mass is 9.95. The molecule has 10 nitrogen and oxygen atoms in total. The van der Waals surface area contributed by atoms with Crippen LogP contribution in [-0.2, 0) is 0 Å². The standard InChI is InChI=1S/C49H34N10/c1-27-18-32(25-50)20-36(19-27)47-45(58-41-12-8-6-10-37(41)39-23-34(14-16-43(39)58)48-54-28(2)52-29(3)55-48)21-33(26-51)22-46(47)59-42-13-9-7-11-38(42)40-24-35(15-17-44(40)59)49-56-30(4)53-31(5)57-49/h6-24H,1-5H3. The molecule has 10 heteroatoms. The molecular weight excluding hydrogens is 729 g/mol. The summed E-state index contributed by atoms with van der Waals surface area (Å²) in [6.45, 7) is 9.51. The van der Waals surface area contributed by atoms with Crippen molar-refractivity contribution in [2.24, 2.45) is 0 Å². The summed E-state index contributed by atoms with van der Waals surface area (Å²) in [5.41, 5.74) is 10.9. The highest BCUT2D eigenvalue weighted by Gasteiger charge is 2.24. The average molecular weight is 763 g/mol. The van der Waals surface area contributed by atoms with Crippen LogP contribution in [0.25, 0.3) is 88.9 Å². The molecule has 0 N–H and O–H groups in total. The fraction of sp³-hybridized carbons (Fsp3) is 0.102. The molecule has 0 amide bonds. The minimum Gasteiger partial charge on any atom is -0.308 e. The molecule has 10 aromatic rings. The van der Waals surface area contributed by atoms with Crippen LogP contribution in [0.5, 0.6) is 0 Å². The zero-order valence-corrected chi connectivity index (χ0v) is 32.9. The molecule has 6 aromatic carbocycles. The maximum atomic E-state index is 10.8. The van der Waals surface area contributed by atoms with Gasteiger partial charge in [0.2, 0.25) is 0 Å². The van der Waals surface area contributed by atoms with Gasteiger partial charge in [-0.15, -0.1) is 0 Å². The molecule has 0 aliphatic heterocycles. The Morgan fingerprint density at radius 2 is 0.831 bits per heavy atom. The molecule has 0 bridgehead atoms. The lowest BCUT2D eigenvalue weighted by molar-refractivity contribution is 0.928. The van der Waals surface area contributed by atoms with Gasteiger partial charge in [0.25, 0.3) is 0 Å². The predicted molar refractivity (Wildman–Crippen MR) is 231 cm³/mol. The Hall–Kier alpha value is -8.08. The smallest absolute Gasteiger partial charge is 0.163 e. The summed E-state index contributed by atoms with van der Waals surface area (Å²) < 4.78 is 4.48. The van der Waals surface area contributed by atoms with E-state index in [0.717, 1.165) is 82.8 Å². The first kappa shape index (κ1) is 35.3. The van der Waals surface area contributed by atoms with Gasteiger partial charge in [-0.2, -0.15) is 10.5 Å². The van der Waals surface area contributed by atoms with E-state index >= 15 is 0 Å². The highest BCUT2D eigenvalue weighted by molar-refractivity contribution is 6.13. The lowest BCUT2D eigenvalue weighted by Gasteiger charge is -2.21. The second-order valence-electron chi connectivity index (χ2n) is 14.9. The first-order valence-corrected chi connectivity index (χ1v) is 19.2. The van der Waals surface area contributed by atoms with Gasteiger partial charge in [0.1, 0.15) is 23.3 Å². The normalized spacial score (nSPS) is 11.4. The zero-order valence-electron chi connectivity index (χ0n) is 32.9. The van der Waals surface area contributed by atoms with Crippen LogP contribution in [0.15, 0.2) is 115 Å². The Bertz CT molecular complexity index is 3260. The van der Waals surface area contributed by atoms with Crippen LogP contribution in [0, 0.1) is 57.3 Å². The average Bonchev–Trinajstić information content (AvgIpc) is 3.74. The van der Waals surface area contributed by atoms with Crippen LogP contribution in [0.1, 0.15) is 40.0 Å². The molecule has 0 saturated carbocycles. The summed E-state index contributed by atoms with van der Waals surface area (Å²) >= 11 is 0. The maximum absolute atomic E-state index is 10.8. The third kappa shape index (κ3) is 5.86. The topological polar surface area (TPSA) is 135 Å². The molecular formula is C49H34N10. The molecule has 4 heterocycles. The van der Waals surface area contributed by atoms with Crippen LogP contribution >= 0.6 is 0 Å². The van der Waals surface area contributed by atoms with Crippen molar-refractivity contribution >= 4 is 43.6 Å². The molecule has 0 radical (unpaired) electrons. The summed E-state index contributed by atoms with van der Waals surface area (Å²) in [5.74, 6) is 3.87. The largest absolute Gasteiger partial charge is 0.308 e. The third-order valence-corrected chi connectivity index (χ3v) is 10.8. The Kier molecular flexibility index (Phi) is 8.11. The molecule has 4 aromatic heterocycles. The van der Waals surface area contributed by atoms with Gasteiger partial charge in [-0.25, -0.2) is 29.9 Å². The van der Waals surface area contributed by atoms with Crippen molar-refractivity contribution in [1.29, 1.82) is 10.5 Å². The second kappa shape index (κ2) is 13.5. The van der Waals surface area contributed by atoms with Crippen LogP contribution < -0.4 is 0 Å². The van der Waals surface area contributed by atoms with Crippen molar-refractivity contribution in [2.45, 2.75) is 34.6 Å². The van der Waals surface area contributed by atoms with E-state index in [0.29, 0.717) is 46.1 Å². The van der Waals surface area contributed by atoms with E-state index in [1.807, 2.05) is 95.3 Å². The van der Waals surface area contributed by atoms with Gasteiger partial charge in [0, 0.05) is 38.2 Å². The van der Waals surface area contributed by atoms with Gasteiger partial charge < -0.3 is 9.13 Å². The Morgan fingerprint density at radius 1 is 0.407 bits per heavy atom. The van der Waals surface area contributed by atoms with Gasteiger partial charge in [-0.05, 0) is 119 Å². The molecule has 0 atom stereocenters. The summed E-state index contributed by atoms with van der Waals surface area (Å²) in [6.07, 6.45) is 0. The number of benzene rings is 6. The molecule has 0 saturated heterocycles. The molecule has 0 fully saturated rings. The fourth-order valence-corrected chi connectivity index (χ4v) is 8.55. The SMILES string of the molecule is Cc1cc(C#N)cc(-c2c(-n3c4ccccc4c4cc(-c5nc(C)nc(C)n5)ccc43)cc(C#N)cc2-n2c3ccccc3c3cc(-c4nc(C)nc(C)n4)ccc32)c1. The summed E-state index contributed by atoms with van der Waals surface area (Å²) in [6, 6.07) is 43.9. The second-order valence-corrected chi connectivity index (χ2v) is 14.9. The van der Waals surface area contributed by atoms with Gasteiger partial charge in [0.15, 0.2) is 11.6 Å². The number of hydrogen-bond acceptors (Lipinski definition) is 8. The number of aromatic nitrogens is 8. The van der Waals surface area contributed by atoms with E-state index in [2.05, 4.69) is 106 Å². The summed E-state index contributed by atoms with van der Waals surface area (Å²) in [4.78, 5) is 27.5. The van der Waals surface area contributed by atoms with Gasteiger partial charge in [-0.1, -0.05) is 42.5 Å². The van der Waals surface area contributed by atoms with E-state index in [4.69, 9.17) is 0 Å². The minimum atomic E-state index is 0.490. The van der Waals surface area contributed by atoms with Crippen molar-refractivity contribution in [2.75, 3.05) is 0 Å². The van der Waals surface area contributed by atoms with Crippen LogP contribution in [-0.4, -0.2) is 39.0 Å². The first-order valence-electron chi connectivity index (χ1n) is 19.2. The molecule has 280 valence electrons. The predicted octanol–water partition coefficient (Wildman–Crippen LogP) is 10.5. The molecule has 0 aliphatic carbocycles. The Morgan fingerprint density at radius 3 is 1.29 bits per heavy atom. The van der Waals surface area contributed by atoms with E-state index in [9.17, 15) is 10.5 Å². The van der Waals surface area contributed by atoms with Crippen molar-refractivity contribution < 1.29 is 0 Å². The monoisotopic (exact) mass is 762 g/mol. The number of rotatable bonds is 5. The van der Waals surface area contributed by atoms with Crippen LogP contribution in [0.4, 0.5) is 0 Å². The van der Waals surface area contributed by atoms with E-state index in [1.54, 1.807) is 0 Å².